The van der Waals surface area contributed by atoms with E-state index in [4.69, 9.17) is 0 Å². The van der Waals surface area contributed by atoms with E-state index in [-0.39, 0.29) is 11.9 Å². The SMILES string of the molecule is CS(=O)(=O)N1CCCCC1C(=O)NC1CC1. The monoisotopic (exact) mass is 246 g/mol. The Morgan fingerprint density at radius 3 is 2.50 bits per heavy atom. The predicted molar refractivity (Wildman–Crippen MR) is 60.4 cm³/mol. The molecule has 0 bridgehead atoms. The van der Waals surface area contributed by atoms with Crippen LogP contribution in [0.1, 0.15) is 32.1 Å². The minimum Gasteiger partial charge on any atom is -0.352 e. The molecule has 92 valence electrons. The van der Waals surface area contributed by atoms with Crippen LogP contribution in [-0.2, 0) is 14.8 Å². The van der Waals surface area contributed by atoms with Gasteiger partial charge in [-0.2, -0.15) is 4.31 Å². The highest BCUT2D eigenvalue weighted by Gasteiger charge is 2.36. The highest BCUT2D eigenvalue weighted by molar-refractivity contribution is 7.88. The zero-order chi connectivity index (χ0) is 11.8. The van der Waals surface area contributed by atoms with Crippen molar-refractivity contribution in [2.75, 3.05) is 12.8 Å². The van der Waals surface area contributed by atoms with E-state index in [1.165, 1.54) is 10.6 Å². The molecule has 16 heavy (non-hydrogen) atoms. The van der Waals surface area contributed by atoms with Crippen LogP contribution in [0.5, 0.6) is 0 Å². The third kappa shape index (κ3) is 2.74. The maximum atomic E-state index is 11.9. The Morgan fingerprint density at radius 1 is 1.25 bits per heavy atom. The maximum absolute atomic E-state index is 11.9. The first kappa shape index (κ1) is 11.9. The Labute approximate surface area is 96.2 Å². The fourth-order valence-corrected chi connectivity index (χ4v) is 3.21. The standard InChI is InChI=1S/C10H18N2O3S/c1-16(14,15)12-7-3-2-4-9(12)10(13)11-8-5-6-8/h8-9H,2-7H2,1H3,(H,11,13). The van der Waals surface area contributed by atoms with Crippen molar-refractivity contribution in [1.82, 2.24) is 9.62 Å². The second-order valence-corrected chi connectivity index (χ2v) is 6.60. The van der Waals surface area contributed by atoms with E-state index >= 15 is 0 Å². The fraction of sp³-hybridized carbons (Fsp3) is 0.900. The molecule has 0 aromatic carbocycles. The zero-order valence-corrected chi connectivity index (χ0v) is 10.3. The van der Waals surface area contributed by atoms with Gasteiger partial charge in [0, 0.05) is 12.6 Å². The first-order valence-electron chi connectivity index (χ1n) is 5.75. The van der Waals surface area contributed by atoms with Crippen molar-refractivity contribution < 1.29 is 13.2 Å². The molecule has 1 unspecified atom stereocenters. The van der Waals surface area contributed by atoms with Gasteiger partial charge < -0.3 is 5.32 Å². The largest absolute Gasteiger partial charge is 0.352 e. The fourth-order valence-electron chi connectivity index (χ4n) is 2.09. The second kappa shape index (κ2) is 4.33. The molecule has 1 atom stereocenters. The summed E-state index contributed by atoms with van der Waals surface area (Å²) in [6.45, 7) is 0.474. The zero-order valence-electron chi connectivity index (χ0n) is 9.48. The molecule has 6 heteroatoms. The summed E-state index contributed by atoms with van der Waals surface area (Å²) >= 11 is 0. The van der Waals surface area contributed by atoms with Crippen LogP contribution >= 0.6 is 0 Å². The molecule has 0 spiro atoms. The van der Waals surface area contributed by atoms with Crippen LogP contribution in [0.25, 0.3) is 0 Å². The van der Waals surface area contributed by atoms with Crippen LogP contribution in [0.15, 0.2) is 0 Å². The molecule has 0 aromatic rings. The van der Waals surface area contributed by atoms with E-state index in [0.717, 1.165) is 25.7 Å². The molecule has 1 amide bonds. The van der Waals surface area contributed by atoms with E-state index in [1.807, 2.05) is 0 Å². The Hall–Kier alpha value is -0.620. The lowest BCUT2D eigenvalue weighted by atomic mass is 10.0. The number of hydrogen-bond acceptors (Lipinski definition) is 3. The highest BCUT2D eigenvalue weighted by atomic mass is 32.2. The summed E-state index contributed by atoms with van der Waals surface area (Å²) in [5, 5.41) is 2.88. The van der Waals surface area contributed by atoms with Gasteiger partial charge >= 0.3 is 0 Å². The van der Waals surface area contributed by atoms with Gasteiger partial charge in [0.05, 0.1) is 6.26 Å². The molecular weight excluding hydrogens is 228 g/mol. The number of piperidine rings is 1. The molecule has 2 rings (SSSR count). The van der Waals surface area contributed by atoms with E-state index < -0.39 is 16.1 Å². The minimum absolute atomic E-state index is 0.118. The van der Waals surface area contributed by atoms with Gasteiger partial charge in [0.15, 0.2) is 0 Å². The first-order valence-corrected chi connectivity index (χ1v) is 7.60. The molecule has 2 fully saturated rings. The lowest BCUT2D eigenvalue weighted by Crippen LogP contribution is -2.51. The van der Waals surface area contributed by atoms with Crippen LogP contribution in [0.2, 0.25) is 0 Å². The van der Waals surface area contributed by atoms with Gasteiger partial charge in [-0.05, 0) is 25.7 Å². The van der Waals surface area contributed by atoms with E-state index in [0.29, 0.717) is 13.0 Å². The second-order valence-electron chi connectivity index (χ2n) is 4.67. The summed E-state index contributed by atoms with van der Waals surface area (Å²) in [4.78, 5) is 11.9. The Kier molecular flexibility index (Phi) is 3.21. The summed E-state index contributed by atoms with van der Waals surface area (Å²) < 4.78 is 24.4. The van der Waals surface area contributed by atoms with Crippen molar-refractivity contribution in [2.45, 2.75) is 44.2 Å². The number of amides is 1. The maximum Gasteiger partial charge on any atom is 0.238 e. The van der Waals surface area contributed by atoms with Crippen LogP contribution in [0, 0.1) is 0 Å². The molecule has 0 aromatic heterocycles. The average molecular weight is 246 g/mol. The molecule has 5 nitrogen and oxygen atoms in total. The molecule has 1 aliphatic carbocycles. The van der Waals surface area contributed by atoms with Crippen molar-refractivity contribution in [3.05, 3.63) is 0 Å². The number of rotatable bonds is 3. The van der Waals surface area contributed by atoms with Crippen molar-refractivity contribution >= 4 is 15.9 Å². The normalized spacial score (nSPS) is 27.7. The summed E-state index contributed by atoms with van der Waals surface area (Å²) in [6, 6.07) is -0.194. The molecule has 1 heterocycles. The van der Waals surface area contributed by atoms with Crippen molar-refractivity contribution in [2.24, 2.45) is 0 Å². The summed E-state index contributed by atoms with van der Waals surface area (Å²) in [5.41, 5.74) is 0. The lowest BCUT2D eigenvalue weighted by molar-refractivity contribution is -0.125. The molecule has 1 N–H and O–H groups in total. The Morgan fingerprint density at radius 2 is 1.94 bits per heavy atom. The lowest BCUT2D eigenvalue weighted by Gasteiger charge is -2.32. The van der Waals surface area contributed by atoms with Crippen LogP contribution in [-0.4, -0.2) is 43.5 Å². The summed E-state index contributed by atoms with van der Waals surface area (Å²) in [5.74, 6) is -0.118. The number of sulfonamides is 1. The van der Waals surface area contributed by atoms with Gasteiger partial charge in [-0.25, -0.2) is 8.42 Å². The van der Waals surface area contributed by atoms with Crippen LogP contribution in [0.3, 0.4) is 0 Å². The average Bonchev–Trinajstić information content (AvgIpc) is 3.00. The number of carbonyl (C=O) groups is 1. The minimum atomic E-state index is -3.26. The van der Waals surface area contributed by atoms with Gasteiger partial charge in [0.25, 0.3) is 0 Å². The Balaban J connectivity index is 2.06. The van der Waals surface area contributed by atoms with E-state index in [2.05, 4.69) is 5.32 Å². The number of carbonyl (C=O) groups excluding carboxylic acids is 1. The first-order chi connectivity index (χ1) is 7.48. The molecular formula is C10H18N2O3S. The number of nitrogens with one attached hydrogen (secondary N) is 1. The van der Waals surface area contributed by atoms with Gasteiger partial charge in [-0.15, -0.1) is 0 Å². The number of hydrogen-bond donors (Lipinski definition) is 1. The third-order valence-corrected chi connectivity index (χ3v) is 4.40. The smallest absolute Gasteiger partial charge is 0.238 e. The van der Waals surface area contributed by atoms with Crippen molar-refractivity contribution in [3.63, 3.8) is 0 Å². The van der Waals surface area contributed by atoms with E-state index in [9.17, 15) is 13.2 Å². The molecule has 1 saturated heterocycles. The topological polar surface area (TPSA) is 66.5 Å². The van der Waals surface area contributed by atoms with Gasteiger partial charge in [0.1, 0.15) is 6.04 Å². The molecule has 0 radical (unpaired) electrons. The third-order valence-electron chi connectivity index (χ3n) is 3.11. The quantitative estimate of drug-likeness (QED) is 0.767. The summed E-state index contributed by atoms with van der Waals surface area (Å²) in [6.07, 6.45) is 5.64. The molecule has 1 aliphatic heterocycles. The van der Waals surface area contributed by atoms with Crippen LogP contribution in [0.4, 0.5) is 0 Å². The highest BCUT2D eigenvalue weighted by Crippen LogP contribution is 2.23. The Bertz CT molecular complexity index is 376. The summed E-state index contributed by atoms with van der Waals surface area (Å²) in [7, 11) is -3.26. The van der Waals surface area contributed by atoms with Crippen LogP contribution < -0.4 is 5.32 Å². The molecule has 1 saturated carbocycles. The van der Waals surface area contributed by atoms with E-state index in [1.54, 1.807) is 0 Å². The number of nitrogens with zero attached hydrogens (tertiary/aromatic N) is 1. The van der Waals surface area contributed by atoms with Gasteiger partial charge in [0.2, 0.25) is 15.9 Å². The predicted octanol–water partition coefficient (Wildman–Crippen LogP) is 0.0791. The molecule has 2 aliphatic rings. The van der Waals surface area contributed by atoms with Crippen molar-refractivity contribution in [1.29, 1.82) is 0 Å². The van der Waals surface area contributed by atoms with Gasteiger partial charge in [-0.3, -0.25) is 4.79 Å². The van der Waals surface area contributed by atoms with Crippen molar-refractivity contribution in [3.8, 4) is 0 Å². The van der Waals surface area contributed by atoms with Gasteiger partial charge in [-0.1, -0.05) is 6.42 Å².